The molecule has 1 aromatic heterocycles. The van der Waals surface area contributed by atoms with Crippen molar-refractivity contribution < 1.29 is 17.9 Å². The summed E-state index contributed by atoms with van der Waals surface area (Å²) in [4.78, 5) is 0. The van der Waals surface area contributed by atoms with Gasteiger partial charge in [0.15, 0.2) is 0 Å². The molecule has 0 bridgehead atoms. The van der Waals surface area contributed by atoms with Gasteiger partial charge in [0.2, 0.25) is 10.0 Å². The average molecular weight is 289 g/mol. The third kappa shape index (κ3) is 4.63. The van der Waals surface area contributed by atoms with Gasteiger partial charge in [-0.2, -0.15) is 0 Å². The molecule has 6 heteroatoms. The van der Waals surface area contributed by atoms with Crippen molar-refractivity contribution in [2.45, 2.75) is 40.2 Å². The van der Waals surface area contributed by atoms with Gasteiger partial charge in [-0.3, -0.25) is 0 Å². The average Bonchev–Trinajstić information content (AvgIpc) is 2.54. The Morgan fingerprint density at radius 3 is 2.42 bits per heavy atom. The Balaban J connectivity index is 2.79. The lowest BCUT2D eigenvalue weighted by atomic mass is 9.97. The first-order valence-corrected chi connectivity index (χ1v) is 7.96. The van der Waals surface area contributed by atoms with Crippen molar-refractivity contribution in [2.24, 2.45) is 5.92 Å². The van der Waals surface area contributed by atoms with Gasteiger partial charge < -0.3 is 9.52 Å². The molecule has 0 fully saturated rings. The highest BCUT2D eigenvalue weighted by Crippen LogP contribution is 2.26. The molecule has 1 heterocycles. The minimum Gasteiger partial charge on any atom is -0.466 e. The molecule has 0 radical (unpaired) electrons. The highest BCUT2D eigenvalue weighted by Gasteiger charge is 2.29. The topological polar surface area (TPSA) is 79.5 Å². The molecule has 0 aliphatic carbocycles. The Morgan fingerprint density at radius 2 is 2.00 bits per heavy atom. The molecule has 1 rings (SSSR count). The summed E-state index contributed by atoms with van der Waals surface area (Å²) in [5.74, 6) is 1.38. The van der Waals surface area contributed by atoms with Crippen LogP contribution in [0.2, 0.25) is 0 Å². The molecule has 0 amide bonds. The molecule has 5 nitrogen and oxygen atoms in total. The summed E-state index contributed by atoms with van der Waals surface area (Å²) in [6.45, 7) is 8.71. The zero-order valence-electron chi connectivity index (χ0n) is 12.1. The van der Waals surface area contributed by atoms with Crippen LogP contribution in [0.4, 0.5) is 0 Å². The van der Waals surface area contributed by atoms with E-state index in [-0.39, 0.29) is 18.2 Å². The monoisotopic (exact) mass is 289 g/mol. The summed E-state index contributed by atoms with van der Waals surface area (Å²) in [5.41, 5.74) is -0.677. The Bertz CT molecular complexity index is 529. The SMILES string of the molecule is Cc1cc(C(C)(O)CNS(=O)(=O)CC(C)C)c(C)o1. The lowest BCUT2D eigenvalue weighted by Gasteiger charge is -2.23. The van der Waals surface area contributed by atoms with E-state index in [0.717, 1.165) is 0 Å². The molecule has 19 heavy (non-hydrogen) atoms. The van der Waals surface area contributed by atoms with Crippen LogP contribution in [0.25, 0.3) is 0 Å². The van der Waals surface area contributed by atoms with Gasteiger partial charge in [-0.05, 0) is 32.8 Å². The molecule has 1 unspecified atom stereocenters. The number of aryl methyl sites for hydroxylation is 2. The summed E-state index contributed by atoms with van der Waals surface area (Å²) in [6, 6.07) is 1.73. The van der Waals surface area contributed by atoms with Gasteiger partial charge in [-0.15, -0.1) is 0 Å². The molecule has 0 spiro atoms. The summed E-state index contributed by atoms with van der Waals surface area (Å²) in [5, 5.41) is 10.4. The van der Waals surface area contributed by atoms with Crippen LogP contribution in [0, 0.1) is 19.8 Å². The number of aliphatic hydroxyl groups is 1. The van der Waals surface area contributed by atoms with Crippen LogP contribution < -0.4 is 4.72 Å². The van der Waals surface area contributed by atoms with E-state index < -0.39 is 15.6 Å². The van der Waals surface area contributed by atoms with Crippen molar-refractivity contribution >= 4 is 10.0 Å². The number of hydrogen-bond donors (Lipinski definition) is 2. The second-order valence-corrected chi connectivity index (χ2v) is 7.45. The highest BCUT2D eigenvalue weighted by molar-refractivity contribution is 7.89. The van der Waals surface area contributed by atoms with Crippen molar-refractivity contribution in [3.05, 3.63) is 23.2 Å². The third-order valence-corrected chi connectivity index (χ3v) is 4.50. The predicted octanol–water partition coefficient (Wildman–Crippen LogP) is 1.68. The van der Waals surface area contributed by atoms with Crippen LogP contribution in [0.15, 0.2) is 10.5 Å². The Labute approximate surface area is 115 Å². The summed E-state index contributed by atoms with van der Waals surface area (Å²) in [6.07, 6.45) is 0. The first-order valence-electron chi connectivity index (χ1n) is 6.31. The second kappa shape index (κ2) is 5.64. The minimum absolute atomic E-state index is 0.0420. The zero-order valence-corrected chi connectivity index (χ0v) is 13.0. The molecular weight excluding hydrogens is 266 g/mol. The maximum atomic E-state index is 11.8. The Hall–Kier alpha value is -0.850. The van der Waals surface area contributed by atoms with E-state index in [0.29, 0.717) is 17.1 Å². The van der Waals surface area contributed by atoms with E-state index in [2.05, 4.69) is 4.72 Å². The van der Waals surface area contributed by atoms with Crippen molar-refractivity contribution in [1.82, 2.24) is 4.72 Å². The summed E-state index contributed by atoms with van der Waals surface area (Å²) < 4.78 is 31.3. The molecule has 1 atom stereocenters. The van der Waals surface area contributed by atoms with E-state index in [1.165, 1.54) is 0 Å². The number of hydrogen-bond acceptors (Lipinski definition) is 4. The van der Waals surface area contributed by atoms with Gasteiger partial charge >= 0.3 is 0 Å². The molecule has 110 valence electrons. The summed E-state index contributed by atoms with van der Waals surface area (Å²) in [7, 11) is -3.37. The second-order valence-electron chi connectivity index (χ2n) is 5.60. The van der Waals surface area contributed by atoms with Crippen LogP contribution in [0.3, 0.4) is 0 Å². The van der Waals surface area contributed by atoms with E-state index in [4.69, 9.17) is 4.42 Å². The minimum atomic E-state index is -3.37. The Kier molecular flexibility index (Phi) is 4.81. The molecular formula is C13H23NO4S. The van der Waals surface area contributed by atoms with Crippen LogP contribution in [-0.4, -0.2) is 25.8 Å². The van der Waals surface area contributed by atoms with Crippen molar-refractivity contribution in [3.63, 3.8) is 0 Å². The molecule has 0 saturated heterocycles. The van der Waals surface area contributed by atoms with E-state index in [1.54, 1.807) is 26.8 Å². The molecule has 0 saturated carbocycles. The third-order valence-electron chi connectivity index (χ3n) is 2.81. The fraction of sp³-hybridized carbons (Fsp3) is 0.692. The molecule has 1 aromatic rings. The lowest BCUT2D eigenvalue weighted by Crippen LogP contribution is -2.40. The van der Waals surface area contributed by atoms with Crippen LogP contribution in [0.5, 0.6) is 0 Å². The van der Waals surface area contributed by atoms with Gasteiger partial charge in [0.25, 0.3) is 0 Å². The quantitative estimate of drug-likeness (QED) is 0.835. The summed E-state index contributed by atoms with van der Waals surface area (Å²) >= 11 is 0. The Morgan fingerprint density at radius 1 is 1.42 bits per heavy atom. The van der Waals surface area contributed by atoms with Crippen molar-refractivity contribution in [2.75, 3.05) is 12.3 Å². The first kappa shape index (κ1) is 16.2. The van der Waals surface area contributed by atoms with E-state index >= 15 is 0 Å². The molecule has 0 aliphatic rings. The van der Waals surface area contributed by atoms with Gasteiger partial charge in [-0.25, -0.2) is 13.1 Å². The standard InChI is InChI=1S/C13H23NO4S/c1-9(2)7-19(16,17)14-8-13(5,15)12-6-10(3)18-11(12)4/h6,9,14-15H,7-8H2,1-5H3. The number of furan rings is 1. The normalized spacial score (nSPS) is 15.7. The van der Waals surface area contributed by atoms with Crippen LogP contribution in [-0.2, 0) is 15.6 Å². The van der Waals surface area contributed by atoms with E-state index in [9.17, 15) is 13.5 Å². The maximum Gasteiger partial charge on any atom is 0.211 e. The molecule has 0 aromatic carbocycles. The maximum absolute atomic E-state index is 11.8. The first-order chi connectivity index (χ1) is 8.53. The van der Waals surface area contributed by atoms with Crippen molar-refractivity contribution in [3.8, 4) is 0 Å². The number of nitrogens with one attached hydrogen (secondary N) is 1. The van der Waals surface area contributed by atoms with Crippen molar-refractivity contribution in [1.29, 1.82) is 0 Å². The molecule has 2 N–H and O–H groups in total. The van der Waals surface area contributed by atoms with Gasteiger partial charge in [0.1, 0.15) is 17.1 Å². The number of rotatable bonds is 6. The largest absolute Gasteiger partial charge is 0.466 e. The molecule has 0 aliphatic heterocycles. The van der Waals surface area contributed by atoms with Gasteiger partial charge in [0.05, 0.1) is 5.75 Å². The highest BCUT2D eigenvalue weighted by atomic mass is 32.2. The fourth-order valence-electron chi connectivity index (χ4n) is 2.01. The zero-order chi connectivity index (χ0) is 14.8. The smallest absolute Gasteiger partial charge is 0.211 e. The van der Waals surface area contributed by atoms with Crippen LogP contribution >= 0.6 is 0 Å². The fourth-order valence-corrected chi connectivity index (χ4v) is 3.51. The lowest BCUT2D eigenvalue weighted by molar-refractivity contribution is 0.0612. The van der Waals surface area contributed by atoms with Gasteiger partial charge in [0, 0.05) is 12.1 Å². The van der Waals surface area contributed by atoms with Gasteiger partial charge in [-0.1, -0.05) is 13.8 Å². The predicted molar refractivity (Wildman–Crippen MR) is 74.4 cm³/mol. The van der Waals surface area contributed by atoms with E-state index in [1.807, 2.05) is 13.8 Å². The number of sulfonamides is 1. The van der Waals surface area contributed by atoms with Crippen LogP contribution in [0.1, 0.15) is 37.9 Å².